The van der Waals surface area contributed by atoms with E-state index in [2.05, 4.69) is 19.1 Å². The highest BCUT2D eigenvalue weighted by atomic mass is 14.3. The molecule has 0 saturated heterocycles. The fourth-order valence-corrected chi connectivity index (χ4v) is 3.05. The maximum atomic E-state index is 9.92. The van der Waals surface area contributed by atoms with Crippen molar-refractivity contribution in [2.75, 3.05) is 0 Å². The van der Waals surface area contributed by atoms with Gasteiger partial charge in [0, 0.05) is 11.6 Å². The molecule has 130 valence electrons. The Morgan fingerprint density at radius 3 is 2.00 bits per heavy atom. The Morgan fingerprint density at radius 2 is 1.46 bits per heavy atom. The van der Waals surface area contributed by atoms with E-state index in [1.807, 2.05) is 60.7 Å². The van der Waals surface area contributed by atoms with E-state index in [1.54, 1.807) is 6.08 Å². The second-order valence-electron chi connectivity index (χ2n) is 6.20. The number of hydrogen-bond donors (Lipinski definition) is 0. The highest BCUT2D eigenvalue weighted by Gasteiger charge is 2.16. The fourth-order valence-electron chi connectivity index (χ4n) is 3.05. The van der Waals surface area contributed by atoms with Gasteiger partial charge in [0.15, 0.2) is 0 Å². The molecule has 0 saturated carbocycles. The summed E-state index contributed by atoms with van der Waals surface area (Å²) in [7, 11) is 0. The van der Waals surface area contributed by atoms with Crippen LogP contribution in [-0.4, -0.2) is 0 Å². The lowest BCUT2D eigenvalue weighted by Gasteiger charge is -2.15. The molecule has 0 aliphatic carbocycles. The zero-order chi connectivity index (χ0) is 18.6. The molecule has 2 aromatic rings. The maximum absolute atomic E-state index is 9.92. The second-order valence-corrected chi connectivity index (χ2v) is 6.20. The number of allylic oxidation sites excluding steroid dienone is 4. The number of nitrogens with zero attached hydrogens (tertiary/aromatic N) is 2. The number of rotatable bonds is 8. The first-order valence-electron chi connectivity index (χ1n) is 9.16. The van der Waals surface area contributed by atoms with Crippen molar-refractivity contribution >= 4 is 11.1 Å². The van der Waals surface area contributed by atoms with Crippen LogP contribution in [0, 0.1) is 22.7 Å². The zero-order valence-corrected chi connectivity index (χ0v) is 15.3. The van der Waals surface area contributed by atoms with E-state index >= 15 is 0 Å². The minimum absolute atomic E-state index is 0.619. The largest absolute Gasteiger partial charge is 0.193 e. The van der Waals surface area contributed by atoms with E-state index in [4.69, 9.17) is 0 Å². The summed E-state index contributed by atoms with van der Waals surface area (Å²) in [6, 6.07) is 24.2. The van der Waals surface area contributed by atoms with Gasteiger partial charge in [-0.1, -0.05) is 86.8 Å². The molecule has 0 aliphatic rings. The molecule has 0 spiro atoms. The summed E-state index contributed by atoms with van der Waals surface area (Å²) < 4.78 is 0. The van der Waals surface area contributed by atoms with Crippen molar-refractivity contribution in [1.29, 1.82) is 10.5 Å². The molecular formula is C24H24N2. The van der Waals surface area contributed by atoms with Crippen LogP contribution in [0.1, 0.15) is 50.2 Å². The highest BCUT2D eigenvalue weighted by molar-refractivity contribution is 6.03. The molecule has 0 radical (unpaired) electrons. The molecule has 0 unspecified atom stereocenters. The predicted molar refractivity (Wildman–Crippen MR) is 108 cm³/mol. The van der Waals surface area contributed by atoms with Gasteiger partial charge in [-0.25, -0.2) is 0 Å². The molecule has 2 rings (SSSR count). The van der Waals surface area contributed by atoms with Crippen molar-refractivity contribution in [3.63, 3.8) is 0 Å². The first-order valence-corrected chi connectivity index (χ1v) is 9.16. The SMILES string of the molecule is CCCCCCC(=C/C#N)/C(=C(/C#N)c1ccccc1)c1ccccc1. The molecule has 0 amide bonds. The van der Waals surface area contributed by atoms with Crippen LogP contribution in [0.3, 0.4) is 0 Å². The van der Waals surface area contributed by atoms with E-state index in [1.165, 1.54) is 12.8 Å². The summed E-state index contributed by atoms with van der Waals surface area (Å²) >= 11 is 0. The highest BCUT2D eigenvalue weighted by Crippen LogP contribution is 2.34. The number of unbranched alkanes of at least 4 members (excludes halogenated alkanes) is 3. The summed E-state index contributed by atoms with van der Waals surface area (Å²) in [6.07, 6.45) is 6.92. The van der Waals surface area contributed by atoms with Crippen LogP contribution in [0.25, 0.3) is 11.1 Å². The lowest BCUT2D eigenvalue weighted by molar-refractivity contribution is 0.669. The summed E-state index contributed by atoms with van der Waals surface area (Å²) in [5.74, 6) is 0. The Balaban J connectivity index is 2.56. The van der Waals surface area contributed by atoms with E-state index < -0.39 is 0 Å². The lowest BCUT2D eigenvalue weighted by atomic mass is 9.87. The standard InChI is InChI=1S/C24H24N2/c1-2-3-4-7-16-22(17-18-25)24(21-14-10-6-11-15-21)23(19-26)20-12-8-5-9-13-20/h5-6,8-15,17H,2-4,7,16H2,1H3/b22-17-,24-23-. The molecule has 26 heavy (non-hydrogen) atoms. The molecular weight excluding hydrogens is 316 g/mol. The smallest absolute Gasteiger partial charge is 0.100 e. The van der Waals surface area contributed by atoms with Gasteiger partial charge in [0.25, 0.3) is 0 Å². The Kier molecular flexibility index (Phi) is 7.91. The molecule has 0 N–H and O–H groups in total. The maximum Gasteiger partial charge on any atom is 0.100 e. The monoisotopic (exact) mass is 340 g/mol. The van der Waals surface area contributed by atoms with Crippen LogP contribution < -0.4 is 0 Å². The molecule has 0 bridgehead atoms. The molecule has 0 aromatic heterocycles. The van der Waals surface area contributed by atoms with Crippen LogP contribution in [0.4, 0.5) is 0 Å². The van der Waals surface area contributed by atoms with Crippen molar-refractivity contribution in [3.05, 3.63) is 83.4 Å². The van der Waals surface area contributed by atoms with Gasteiger partial charge >= 0.3 is 0 Å². The third-order valence-corrected chi connectivity index (χ3v) is 4.35. The van der Waals surface area contributed by atoms with Gasteiger partial charge < -0.3 is 0 Å². The summed E-state index contributed by atoms with van der Waals surface area (Å²) in [4.78, 5) is 0. The Labute approximate surface area is 156 Å². The van der Waals surface area contributed by atoms with Gasteiger partial charge in [-0.2, -0.15) is 10.5 Å². The van der Waals surface area contributed by atoms with E-state index in [-0.39, 0.29) is 0 Å². The van der Waals surface area contributed by atoms with Crippen molar-refractivity contribution in [2.45, 2.75) is 39.0 Å². The van der Waals surface area contributed by atoms with Gasteiger partial charge in [-0.15, -0.1) is 0 Å². The van der Waals surface area contributed by atoms with Crippen molar-refractivity contribution < 1.29 is 0 Å². The first kappa shape index (κ1) is 19.2. The molecule has 0 atom stereocenters. The quantitative estimate of drug-likeness (QED) is 0.237. The summed E-state index contributed by atoms with van der Waals surface area (Å²) in [5, 5.41) is 19.2. The van der Waals surface area contributed by atoms with Gasteiger partial charge in [0.2, 0.25) is 0 Å². The van der Waals surface area contributed by atoms with E-state index in [9.17, 15) is 10.5 Å². The number of benzene rings is 2. The Morgan fingerprint density at radius 1 is 0.846 bits per heavy atom. The van der Waals surface area contributed by atoms with Crippen LogP contribution >= 0.6 is 0 Å². The molecule has 2 nitrogen and oxygen atoms in total. The average molecular weight is 340 g/mol. The van der Waals surface area contributed by atoms with Crippen molar-refractivity contribution in [2.24, 2.45) is 0 Å². The van der Waals surface area contributed by atoms with Crippen LogP contribution in [0.5, 0.6) is 0 Å². The van der Waals surface area contributed by atoms with Crippen LogP contribution in [0.2, 0.25) is 0 Å². The fraction of sp³-hybridized carbons (Fsp3) is 0.250. The molecule has 2 aromatic carbocycles. The average Bonchev–Trinajstić information content (AvgIpc) is 2.70. The third-order valence-electron chi connectivity index (χ3n) is 4.35. The minimum Gasteiger partial charge on any atom is -0.193 e. The van der Waals surface area contributed by atoms with Crippen molar-refractivity contribution in [1.82, 2.24) is 0 Å². The molecule has 2 heteroatoms. The Bertz CT molecular complexity index is 831. The topological polar surface area (TPSA) is 47.6 Å². The normalized spacial score (nSPS) is 12.0. The van der Waals surface area contributed by atoms with Crippen molar-refractivity contribution in [3.8, 4) is 12.1 Å². The Hall–Kier alpha value is -3.10. The van der Waals surface area contributed by atoms with Gasteiger partial charge in [-0.05, 0) is 29.5 Å². The molecule has 0 fully saturated rings. The number of hydrogen-bond acceptors (Lipinski definition) is 2. The predicted octanol–water partition coefficient (Wildman–Crippen LogP) is 6.54. The zero-order valence-electron chi connectivity index (χ0n) is 15.3. The first-order chi connectivity index (χ1) is 12.8. The summed E-state index contributed by atoms with van der Waals surface area (Å²) in [5.41, 5.74) is 4.29. The van der Waals surface area contributed by atoms with Gasteiger partial charge in [-0.3, -0.25) is 0 Å². The van der Waals surface area contributed by atoms with Crippen LogP contribution in [-0.2, 0) is 0 Å². The number of nitriles is 2. The van der Waals surface area contributed by atoms with E-state index in [0.29, 0.717) is 5.57 Å². The third kappa shape index (κ3) is 5.20. The van der Waals surface area contributed by atoms with Gasteiger partial charge in [0.05, 0.1) is 11.6 Å². The molecule has 0 heterocycles. The second kappa shape index (κ2) is 10.7. The van der Waals surface area contributed by atoms with E-state index in [0.717, 1.165) is 41.5 Å². The van der Waals surface area contributed by atoms with Crippen LogP contribution in [0.15, 0.2) is 72.3 Å². The summed E-state index contributed by atoms with van der Waals surface area (Å²) in [6.45, 7) is 2.19. The molecule has 0 aliphatic heterocycles. The van der Waals surface area contributed by atoms with Gasteiger partial charge in [0.1, 0.15) is 6.07 Å². The minimum atomic E-state index is 0.619. The lowest BCUT2D eigenvalue weighted by Crippen LogP contribution is -1.97.